The summed E-state index contributed by atoms with van der Waals surface area (Å²) in [6.07, 6.45) is 1.62. The fraction of sp³-hybridized carbons (Fsp3) is 0.800. The molecule has 0 heterocycles. The average molecular weight is 219 g/mol. The second-order valence-electron chi connectivity index (χ2n) is 4.58. The fourth-order valence-corrected chi connectivity index (χ4v) is 2.72. The van der Waals surface area contributed by atoms with Crippen molar-refractivity contribution in [2.45, 2.75) is 45.4 Å². The molecule has 0 radical (unpaired) electrons. The van der Waals surface area contributed by atoms with Gasteiger partial charge < -0.3 is 0 Å². The first kappa shape index (κ1) is 13.7. The highest BCUT2D eigenvalue weighted by Gasteiger charge is 2.33. The highest BCUT2D eigenvalue weighted by atomic mass is 32.2. The summed E-state index contributed by atoms with van der Waals surface area (Å²) < 4.78 is 25.4. The Morgan fingerprint density at radius 3 is 2.00 bits per heavy atom. The molecule has 0 unspecified atom stereocenters. The van der Waals surface area contributed by atoms with Gasteiger partial charge in [0.1, 0.15) is 0 Å². The Kier molecular flexibility index (Phi) is 4.34. The molecule has 0 aromatic carbocycles. The van der Waals surface area contributed by atoms with Crippen LogP contribution in [0.2, 0.25) is 0 Å². The first-order valence-corrected chi connectivity index (χ1v) is 6.27. The van der Waals surface area contributed by atoms with Crippen LogP contribution in [0.3, 0.4) is 0 Å². The summed E-state index contributed by atoms with van der Waals surface area (Å²) in [7, 11) is -3.20. The fourth-order valence-electron chi connectivity index (χ4n) is 1.13. The zero-order valence-corrected chi connectivity index (χ0v) is 10.6. The van der Waals surface area contributed by atoms with E-state index in [4.69, 9.17) is 0 Å². The topological polar surface area (TPSA) is 37.4 Å². The Hall–Kier alpha value is -0.350. The standard InChI is InChI=1S/C10H21NO2S/c1-7-8-11(10(4,5)6)14(12,13)9(2)3/h7,9H,1,8H2,2-6H3. The number of hydrogen-bond acceptors (Lipinski definition) is 2. The predicted molar refractivity (Wildman–Crippen MR) is 60.7 cm³/mol. The maximum absolute atomic E-state index is 11.9. The van der Waals surface area contributed by atoms with Crippen molar-refractivity contribution in [3.63, 3.8) is 0 Å². The lowest BCUT2D eigenvalue weighted by Crippen LogP contribution is -2.48. The third-order valence-corrected chi connectivity index (χ3v) is 4.45. The van der Waals surface area contributed by atoms with Crippen molar-refractivity contribution in [2.24, 2.45) is 0 Å². The molecule has 14 heavy (non-hydrogen) atoms. The third kappa shape index (κ3) is 3.10. The van der Waals surface area contributed by atoms with Crippen LogP contribution in [-0.4, -0.2) is 30.1 Å². The van der Waals surface area contributed by atoms with Crippen LogP contribution >= 0.6 is 0 Å². The van der Waals surface area contributed by atoms with Crippen LogP contribution in [0.15, 0.2) is 12.7 Å². The lowest BCUT2D eigenvalue weighted by Gasteiger charge is -2.35. The Bertz CT molecular complexity index is 286. The summed E-state index contributed by atoms with van der Waals surface area (Å²) in [6.45, 7) is 13.0. The van der Waals surface area contributed by atoms with E-state index in [2.05, 4.69) is 6.58 Å². The van der Waals surface area contributed by atoms with E-state index in [1.807, 2.05) is 20.8 Å². The molecule has 0 saturated heterocycles. The molecule has 0 bridgehead atoms. The Morgan fingerprint density at radius 2 is 1.79 bits per heavy atom. The van der Waals surface area contributed by atoms with E-state index in [-0.39, 0.29) is 5.25 Å². The first-order chi connectivity index (χ1) is 6.14. The van der Waals surface area contributed by atoms with Gasteiger partial charge in [-0.15, -0.1) is 6.58 Å². The predicted octanol–water partition coefficient (Wildman–Crippen LogP) is 2.01. The van der Waals surface area contributed by atoms with E-state index >= 15 is 0 Å². The van der Waals surface area contributed by atoms with Crippen LogP contribution in [0.25, 0.3) is 0 Å². The van der Waals surface area contributed by atoms with Crippen LogP contribution in [0.1, 0.15) is 34.6 Å². The zero-order chi connectivity index (χ0) is 11.6. The summed E-state index contributed by atoms with van der Waals surface area (Å²) in [5.74, 6) is 0. The second kappa shape index (κ2) is 4.45. The van der Waals surface area contributed by atoms with Crippen molar-refractivity contribution in [3.05, 3.63) is 12.7 Å². The van der Waals surface area contributed by atoms with Gasteiger partial charge in [-0.25, -0.2) is 8.42 Å². The van der Waals surface area contributed by atoms with Crippen molar-refractivity contribution in [2.75, 3.05) is 6.54 Å². The summed E-state index contributed by atoms with van der Waals surface area (Å²) in [5.41, 5.74) is -0.392. The van der Waals surface area contributed by atoms with Crippen LogP contribution in [0.5, 0.6) is 0 Å². The minimum absolute atomic E-state index is 0.365. The maximum Gasteiger partial charge on any atom is 0.217 e. The van der Waals surface area contributed by atoms with Crippen molar-refractivity contribution in [3.8, 4) is 0 Å². The average Bonchev–Trinajstić information content (AvgIpc) is 1.97. The summed E-state index contributed by atoms with van der Waals surface area (Å²) in [4.78, 5) is 0. The van der Waals surface area contributed by atoms with Gasteiger partial charge in [0.2, 0.25) is 10.0 Å². The van der Waals surface area contributed by atoms with Gasteiger partial charge in [-0.05, 0) is 34.6 Å². The molecular formula is C10H21NO2S. The molecule has 4 heteroatoms. The SMILES string of the molecule is C=CCN(C(C)(C)C)S(=O)(=O)C(C)C. The van der Waals surface area contributed by atoms with E-state index in [1.165, 1.54) is 4.31 Å². The zero-order valence-electron chi connectivity index (χ0n) is 9.74. The summed E-state index contributed by atoms with van der Waals surface area (Å²) in [6, 6.07) is 0. The molecule has 84 valence electrons. The van der Waals surface area contributed by atoms with Crippen molar-refractivity contribution >= 4 is 10.0 Å². The lowest BCUT2D eigenvalue weighted by molar-refractivity contribution is 0.267. The number of nitrogens with zero attached hydrogens (tertiary/aromatic N) is 1. The van der Waals surface area contributed by atoms with Gasteiger partial charge in [0, 0.05) is 12.1 Å². The second-order valence-corrected chi connectivity index (χ2v) is 7.00. The van der Waals surface area contributed by atoms with Crippen LogP contribution < -0.4 is 0 Å². The smallest absolute Gasteiger partial charge is 0.212 e. The van der Waals surface area contributed by atoms with Crippen LogP contribution in [0.4, 0.5) is 0 Å². The number of hydrogen-bond donors (Lipinski definition) is 0. The van der Waals surface area contributed by atoms with Gasteiger partial charge in [0.15, 0.2) is 0 Å². The molecule has 3 nitrogen and oxygen atoms in total. The molecule has 0 aromatic heterocycles. The molecule has 0 fully saturated rings. The van der Waals surface area contributed by atoms with Crippen LogP contribution in [-0.2, 0) is 10.0 Å². The monoisotopic (exact) mass is 219 g/mol. The molecule has 0 amide bonds. The van der Waals surface area contributed by atoms with Gasteiger partial charge in [-0.3, -0.25) is 0 Å². The summed E-state index contributed by atoms with van der Waals surface area (Å²) >= 11 is 0. The number of sulfonamides is 1. The minimum Gasteiger partial charge on any atom is -0.212 e. The minimum atomic E-state index is -3.20. The van der Waals surface area contributed by atoms with E-state index in [9.17, 15) is 8.42 Å². The van der Waals surface area contributed by atoms with Crippen molar-refractivity contribution < 1.29 is 8.42 Å². The Labute approximate surface area is 87.9 Å². The molecule has 0 aliphatic rings. The van der Waals surface area contributed by atoms with E-state index in [0.717, 1.165) is 0 Å². The van der Waals surface area contributed by atoms with Gasteiger partial charge in [0.05, 0.1) is 5.25 Å². The van der Waals surface area contributed by atoms with Crippen LogP contribution in [0, 0.1) is 0 Å². The van der Waals surface area contributed by atoms with E-state index < -0.39 is 15.6 Å². The Balaban J connectivity index is 5.13. The highest BCUT2D eigenvalue weighted by molar-refractivity contribution is 7.89. The molecule has 0 aliphatic carbocycles. The first-order valence-electron chi connectivity index (χ1n) is 4.76. The number of rotatable bonds is 4. The molecule has 0 atom stereocenters. The van der Waals surface area contributed by atoms with E-state index in [0.29, 0.717) is 6.54 Å². The molecule has 0 rings (SSSR count). The van der Waals surface area contributed by atoms with Crippen molar-refractivity contribution in [1.29, 1.82) is 0 Å². The normalized spacial score (nSPS) is 13.6. The molecule has 0 saturated carbocycles. The van der Waals surface area contributed by atoms with Gasteiger partial charge in [0.25, 0.3) is 0 Å². The van der Waals surface area contributed by atoms with Gasteiger partial charge in [-0.1, -0.05) is 6.08 Å². The highest BCUT2D eigenvalue weighted by Crippen LogP contribution is 2.20. The Morgan fingerprint density at radius 1 is 1.36 bits per heavy atom. The molecule has 0 N–H and O–H groups in total. The van der Waals surface area contributed by atoms with Crippen molar-refractivity contribution in [1.82, 2.24) is 4.31 Å². The molecule has 0 aromatic rings. The maximum atomic E-state index is 11.9. The quantitative estimate of drug-likeness (QED) is 0.678. The lowest BCUT2D eigenvalue weighted by atomic mass is 10.1. The largest absolute Gasteiger partial charge is 0.217 e. The molecule has 0 spiro atoms. The third-order valence-electron chi connectivity index (χ3n) is 1.95. The summed E-state index contributed by atoms with van der Waals surface area (Å²) in [5, 5.41) is -0.387. The molecular weight excluding hydrogens is 198 g/mol. The van der Waals surface area contributed by atoms with Gasteiger partial charge in [-0.2, -0.15) is 4.31 Å². The van der Waals surface area contributed by atoms with E-state index in [1.54, 1.807) is 19.9 Å². The molecule has 0 aliphatic heterocycles. The van der Waals surface area contributed by atoms with Gasteiger partial charge >= 0.3 is 0 Å².